The molecule has 2 aliphatic heterocycles. The summed E-state index contributed by atoms with van der Waals surface area (Å²) in [6.45, 7) is 4.46. The Labute approximate surface area is 185 Å². The lowest BCUT2D eigenvalue weighted by atomic mass is 9.96. The highest BCUT2D eigenvalue weighted by Gasteiger charge is 2.41. The van der Waals surface area contributed by atoms with Gasteiger partial charge >= 0.3 is 0 Å². The summed E-state index contributed by atoms with van der Waals surface area (Å²) in [7, 11) is 0. The number of aromatic nitrogens is 1. The SMILES string of the molecule is CC(C)C[C@@H](C(=O)Cc1ccc(Cl)cn1)N1CC2=C(Oc3cccc(Cl)c3C2)C1=O. The summed E-state index contributed by atoms with van der Waals surface area (Å²) < 4.78 is 5.91. The van der Waals surface area contributed by atoms with E-state index in [4.69, 9.17) is 27.9 Å². The molecule has 156 valence electrons. The molecule has 5 nitrogen and oxygen atoms in total. The van der Waals surface area contributed by atoms with Gasteiger partial charge in [0, 0.05) is 41.0 Å². The second-order valence-electron chi connectivity index (χ2n) is 8.12. The van der Waals surface area contributed by atoms with Gasteiger partial charge in [0.2, 0.25) is 0 Å². The van der Waals surface area contributed by atoms with Crippen LogP contribution in [0.5, 0.6) is 5.75 Å². The molecular formula is C23H22Cl2N2O3. The van der Waals surface area contributed by atoms with Crippen LogP contribution in [0.15, 0.2) is 47.9 Å². The number of amides is 1. The van der Waals surface area contributed by atoms with Gasteiger partial charge in [0.1, 0.15) is 5.75 Å². The normalized spacial score (nSPS) is 16.4. The van der Waals surface area contributed by atoms with Crippen molar-refractivity contribution >= 4 is 34.9 Å². The van der Waals surface area contributed by atoms with E-state index in [1.807, 2.05) is 26.0 Å². The van der Waals surface area contributed by atoms with Crippen molar-refractivity contribution in [2.75, 3.05) is 6.54 Å². The number of ketones is 1. The number of Topliss-reactive ketones (excluding diaryl/α,β-unsaturated/α-hetero) is 1. The standard InChI is InChI=1S/C23H22Cl2N2O3/c1-13(2)8-19(20(28)10-16-7-6-15(24)11-26-16)27-12-14-9-17-18(25)4-3-5-21(17)30-22(14)23(27)29/h3-7,11,13,19H,8-10,12H2,1-2H3/t19-/m0/s1. The fourth-order valence-electron chi connectivity index (χ4n) is 3.95. The molecule has 0 fully saturated rings. The number of benzene rings is 1. The summed E-state index contributed by atoms with van der Waals surface area (Å²) >= 11 is 12.2. The van der Waals surface area contributed by atoms with E-state index in [1.54, 1.807) is 23.1 Å². The van der Waals surface area contributed by atoms with E-state index in [2.05, 4.69) is 4.98 Å². The molecule has 0 spiro atoms. The first-order chi connectivity index (χ1) is 14.3. The van der Waals surface area contributed by atoms with E-state index in [0.29, 0.717) is 46.6 Å². The van der Waals surface area contributed by atoms with Gasteiger partial charge in [-0.2, -0.15) is 0 Å². The van der Waals surface area contributed by atoms with Crippen LogP contribution in [0.3, 0.4) is 0 Å². The Morgan fingerprint density at radius 2 is 2.03 bits per heavy atom. The smallest absolute Gasteiger partial charge is 0.290 e. The zero-order valence-corrected chi connectivity index (χ0v) is 18.3. The zero-order chi connectivity index (χ0) is 21.4. The van der Waals surface area contributed by atoms with Crippen LogP contribution in [0.1, 0.15) is 31.5 Å². The first-order valence-corrected chi connectivity index (χ1v) is 10.7. The van der Waals surface area contributed by atoms with Crippen LogP contribution in [-0.4, -0.2) is 34.2 Å². The molecule has 0 radical (unpaired) electrons. The van der Waals surface area contributed by atoms with Gasteiger partial charge in [0.05, 0.1) is 17.5 Å². The number of nitrogens with zero attached hydrogens (tertiary/aromatic N) is 2. The van der Waals surface area contributed by atoms with Gasteiger partial charge in [-0.25, -0.2) is 0 Å². The molecule has 1 aromatic carbocycles. The van der Waals surface area contributed by atoms with Crippen LogP contribution in [0, 0.1) is 5.92 Å². The van der Waals surface area contributed by atoms with Crippen molar-refractivity contribution in [3.05, 3.63) is 69.2 Å². The van der Waals surface area contributed by atoms with Crippen molar-refractivity contribution in [3.8, 4) is 5.75 Å². The lowest BCUT2D eigenvalue weighted by Crippen LogP contribution is -2.45. The second kappa shape index (κ2) is 8.40. The number of fused-ring (bicyclic) bond motifs is 1. The van der Waals surface area contributed by atoms with Crippen LogP contribution in [-0.2, 0) is 22.4 Å². The maximum absolute atomic E-state index is 13.2. The zero-order valence-electron chi connectivity index (χ0n) is 16.8. The molecule has 2 aromatic rings. The molecule has 0 saturated heterocycles. The van der Waals surface area contributed by atoms with Gasteiger partial charge in [0.25, 0.3) is 5.91 Å². The van der Waals surface area contributed by atoms with Crippen LogP contribution in [0.2, 0.25) is 10.0 Å². The molecule has 2 aliphatic rings. The molecule has 0 unspecified atom stereocenters. The molecular weight excluding hydrogens is 423 g/mol. The third-order valence-corrected chi connectivity index (χ3v) is 5.98. The molecule has 1 amide bonds. The molecule has 1 atom stereocenters. The lowest BCUT2D eigenvalue weighted by Gasteiger charge is -2.28. The van der Waals surface area contributed by atoms with E-state index in [-0.39, 0.29) is 24.0 Å². The highest BCUT2D eigenvalue weighted by Crippen LogP contribution is 2.39. The predicted molar refractivity (Wildman–Crippen MR) is 116 cm³/mol. The van der Waals surface area contributed by atoms with Crippen LogP contribution < -0.4 is 4.74 Å². The molecule has 0 N–H and O–H groups in total. The van der Waals surface area contributed by atoms with Crippen molar-refractivity contribution in [3.63, 3.8) is 0 Å². The fourth-order valence-corrected chi connectivity index (χ4v) is 4.29. The largest absolute Gasteiger partial charge is 0.451 e. The van der Waals surface area contributed by atoms with Crippen molar-refractivity contribution < 1.29 is 14.3 Å². The van der Waals surface area contributed by atoms with Gasteiger partial charge in [0.15, 0.2) is 11.5 Å². The van der Waals surface area contributed by atoms with Gasteiger partial charge in [-0.1, -0.05) is 43.1 Å². The average molecular weight is 445 g/mol. The lowest BCUT2D eigenvalue weighted by molar-refractivity contribution is -0.136. The van der Waals surface area contributed by atoms with Crippen LogP contribution in [0.25, 0.3) is 0 Å². The highest BCUT2D eigenvalue weighted by atomic mass is 35.5. The summed E-state index contributed by atoms with van der Waals surface area (Å²) in [5.74, 6) is 0.903. The summed E-state index contributed by atoms with van der Waals surface area (Å²) in [4.78, 5) is 32.3. The van der Waals surface area contributed by atoms with E-state index >= 15 is 0 Å². The summed E-state index contributed by atoms with van der Waals surface area (Å²) in [5.41, 5.74) is 2.38. The number of rotatable bonds is 6. The Balaban J connectivity index is 1.56. The monoisotopic (exact) mass is 444 g/mol. The number of ether oxygens (including phenoxy) is 1. The highest BCUT2D eigenvalue weighted by molar-refractivity contribution is 6.31. The third-order valence-electron chi connectivity index (χ3n) is 5.40. The summed E-state index contributed by atoms with van der Waals surface area (Å²) in [6, 6.07) is 8.34. The van der Waals surface area contributed by atoms with E-state index in [9.17, 15) is 9.59 Å². The van der Waals surface area contributed by atoms with Crippen LogP contribution in [0.4, 0.5) is 0 Å². The molecule has 7 heteroatoms. The molecule has 0 aliphatic carbocycles. The van der Waals surface area contributed by atoms with Gasteiger partial charge in [-0.3, -0.25) is 14.6 Å². The second-order valence-corrected chi connectivity index (χ2v) is 8.96. The maximum atomic E-state index is 13.2. The first-order valence-electron chi connectivity index (χ1n) is 9.95. The minimum Gasteiger partial charge on any atom is -0.451 e. The molecule has 0 saturated carbocycles. The quantitative estimate of drug-likeness (QED) is 0.650. The number of carbonyl (C=O) groups excluding carboxylic acids is 2. The number of carbonyl (C=O) groups is 2. The van der Waals surface area contributed by atoms with Crippen molar-refractivity contribution in [1.82, 2.24) is 9.88 Å². The Bertz CT molecular complexity index is 1030. The summed E-state index contributed by atoms with van der Waals surface area (Å²) in [6.07, 6.45) is 2.80. The predicted octanol–water partition coefficient (Wildman–Crippen LogP) is 4.65. The van der Waals surface area contributed by atoms with E-state index in [0.717, 1.165) is 11.1 Å². The Kier molecular flexibility index (Phi) is 5.85. The molecule has 3 heterocycles. The van der Waals surface area contributed by atoms with Crippen molar-refractivity contribution in [2.24, 2.45) is 5.92 Å². The third kappa shape index (κ3) is 4.09. The molecule has 4 rings (SSSR count). The topological polar surface area (TPSA) is 59.5 Å². The molecule has 30 heavy (non-hydrogen) atoms. The van der Waals surface area contributed by atoms with Gasteiger partial charge < -0.3 is 9.64 Å². The van der Waals surface area contributed by atoms with Gasteiger partial charge in [-0.15, -0.1) is 0 Å². The maximum Gasteiger partial charge on any atom is 0.290 e. The number of pyridine rings is 1. The fraction of sp³-hybridized carbons (Fsp3) is 0.348. The molecule has 0 bridgehead atoms. The van der Waals surface area contributed by atoms with E-state index in [1.165, 1.54) is 6.20 Å². The van der Waals surface area contributed by atoms with Crippen molar-refractivity contribution in [2.45, 2.75) is 39.2 Å². The van der Waals surface area contributed by atoms with Gasteiger partial charge in [-0.05, 0) is 36.6 Å². The number of hydrogen-bond donors (Lipinski definition) is 0. The average Bonchev–Trinajstić information content (AvgIpc) is 3.02. The molecule has 1 aromatic heterocycles. The Hall–Kier alpha value is -2.37. The summed E-state index contributed by atoms with van der Waals surface area (Å²) in [5, 5.41) is 1.14. The Morgan fingerprint density at radius 3 is 2.73 bits per heavy atom. The minimum absolute atomic E-state index is 0.0396. The van der Waals surface area contributed by atoms with Crippen LogP contribution >= 0.6 is 23.2 Å². The first kappa shape index (κ1) is 20.9. The van der Waals surface area contributed by atoms with E-state index < -0.39 is 6.04 Å². The Morgan fingerprint density at radius 1 is 1.23 bits per heavy atom. The number of halogens is 2. The number of hydrogen-bond acceptors (Lipinski definition) is 4. The minimum atomic E-state index is -0.539. The van der Waals surface area contributed by atoms with Crippen molar-refractivity contribution in [1.29, 1.82) is 0 Å².